The third kappa shape index (κ3) is 4.96. The minimum Gasteiger partial charge on any atom is -0.314 e. The number of hydrogen-bond donors (Lipinski definition) is 1. The molecule has 1 saturated carbocycles. The maximum absolute atomic E-state index is 10.9. The molecule has 1 unspecified atom stereocenters. The Morgan fingerprint density at radius 1 is 1.43 bits per heavy atom. The van der Waals surface area contributed by atoms with E-state index in [1.54, 1.807) is 0 Å². The summed E-state index contributed by atoms with van der Waals surface area (Å²) in [5, 5.41) is 3.44. The highest BCUT2D eigenvalue weighted by atomic mass is 32.2. The molecule has 1 rings (SSSR count). The van der Waals surface area contributed by atoms with Crippen molar-refractivity contribution < 1.29 is 8.42 Å². The van der Waals surface area contributed by atoms with Crippen molar-refractivity contribution in [3.63, 3.8) is 0 Å². The molecule has 0 aromatic carbocycles. The molecule has 1 aliphatic carbocycles. The van der Waals surface area contributed by atoms with E-state index < -0.39 is 9.84 Å². The molecule has 0 aliphatic heterocycles. The first-order chi connectivity index (χ1) is 6.53. The maximum atomic E-state index is 10.9. The van der Waals surface area contributed by atoms with Crippen LogP contribution in [0.25, 0.3) is 0 Å². The predicted octanol–water partition coefficient (Wildman–Crippen LogP) is 1.20. The van der Waals surface area contributed by atoms with Gasteiger partial charge in [0.1, 0.15) is 9.84 Å². The van der Waals surface area contributed by atoms with Crippen LogP contribution in [-0.4, -0.2) is 33.0 Å². The normalized spacial score (nSPS) is 19.6. The molecular formula is C10H21NO2S. The van der Waals surface area contributed by atoms with Crippen LogP contribution >= 0.6 is 0 Å². The van der Waals surface area contributed by atoms with Crippen molar-refractivity contribution in [3.05, 3.63) is 0 Å². The van der Waals surface area contributed by atoms with Gasteiger partial charge in [-0.2, -0.15) is 0 Å². The Bertz CT molecular complexity index is 257. The second kappa shape index (κ2) is 5.12. The molecule has 1 atom stereocenters. The number of hydrogen-bond acceptors (Lipinski definition) is 3. The monoisotopic (exact) mass is 219 g/mol. The molecule has 4 heteroatoms. The van der Waals surface area contributed by atoms with Crippen molar-refractivity contribution >= 4 is 9.84 Å². The van der Waals surface area contributed by atoms with E-state index in [2.05, 4.69) is 12.2 Å². The average Bonchev–Trinajstić information content (AvgIpc) is 2.86. The van der Waals surface area contributed by atoms with Crippen molar-refractivity contribution in [1.82, 2.24) is 5.32 Å². The summed E-state index contributed by atoms with van der Waals surface area (Å²) in [7, 11) is -2.77. The highest BCUT2D eigenvalue weighted by Gasteiger charge is 2.29. The van der Waals surface area contributed by atoms with Crippen LogP contribution in [0.5, 0.6) is 0 Å². The van der Waals surface area contributed by atoms with Gasteiger partial charge in [0.25, 0.3) is 0 Å². The summed E-state index contributed by atoms with van der Waals surface area (Å²) in [6.07, 6.45) is 5.88. The zero-order chi connectivity index (χ0) is 10.6. The van der Waals surface area contributed by atoms with E-state index >= 15 is 0 Å². The minimum atomic E-state index is -2.77. The van der Waals surface area contributed by atoms with Gasteiger partial charge in [-0.05, 0) is 38.1 Å². The highest BCUT2D eigenvalue weighted by molar-refractivity contribution is 7.90. The molecule has 0 radical (unpaired) electrons. The fourth-order valence-electron chi connectivity index (χ4n) is 1.76. The van der Waals surface area contributed by atoms with Crippen LogP contribution in [0, 0.1) is 5.92 Å². The first kappa shape index (κ1) is 12.0. The summed E-state index contributed by atoms with van der Waals surface area (Å²) in [6, 6.07) is 0.620. The highest BCUT2D eigenvalue weighted by Crippen LogP contribution is 2.33. The van der Waals surface area contributed by atoms with E-state index in [0.29, 0.717) is 11.8 Å². The minimum absolute atomic E-state index is 0.307. The molecule has 0 bridgehead atoms. The fraction of sp³-hybridized carbons (Fsp3) is 1.00. The molecule has 0 amide bonds. The molecule has 1 aliphatic rings. The van der Waals surface area contributed by atoms with E-state index in [1.165, 1.54) is 19.1 Å². The fourth-order valence-corrected chi connectivity index (χ4v) is 2.43. The van der Waals surface area contributed by atoms with Crippen LogP contribution in [0.1, 0.15) is 32.6 Å². The number of nitrogens with one attached hydrogen (secondary N) is 1. The molecule has 0 spiro atoms. The average molecular weight is 219 g/mol. The Morgan fingerprint density at radius 3 is 2.50 bits per heavy atom. The molecule has 1 N–H and O–H groups in total. The summed E-state index contributed by atoms with van der Waals surface area (Å²) in [4.78, 5) is 0. The van der Waals surface area contributed by atoms with Crippen LogP contribution < -0.4 is 5.32 Å². The van der Waals surface area contributed by atoms with E-state index in [4.69, 9.17) is 0 Å². The molecule has 14 heavy (non-hydrogen) atoms. The van der Waals surface area contributed by atoms with E-state index in [0.717, 1.165) is 25.3 Å². The van der Waals surface area contributed by atoms with Gasteiger partial charge < -0.3 is 5.32 Å². The van der Waals surface area contributed by atoms with Crippen LogP contribution in [0.4, 0.5) is 0 Å². The summed E-state index contributed by atoms with van der Waals surface area (Å²) >= 11 is 0. The molecule has 84 valence electrons. The van der Waals surface area contributed by atoms with Crippen molar-refractivity contribution in [1.29, 1.82) is 0 Å². The SMILES string of the molecule is CCC(NCCCS(C)(=O)=O)C1CC1. The van der Waals surface area contributed by atoms with Crippen molar-refractivity contribution in [3.8, 4) is 0 Å². The van der Waals surface area contributed by atoms with Crippen LogP contribution in [0.15, 0.2) is 0 Å². The quantitative estimate of drug-likeness (QED) is 0.654. The number of rotatable bonds is 7. The molecule has 0 aromatic rings. The largest absolute Gasteiger partial charge is 0.314 e. The van der Waals surface area contributed by atoms with Gasteiger partial charge in [0.15, 0.2) is 0 Å². The standard InChI is InChI=1S/C10H21NO2S/c1-3-10(9-5-6-9)11-7-4-8-14(2,12)13/h9-11H,3-8H2,1-2H3. The van der Waals surface area contributed by atoms with Gasteiger partial charge in [-0.1, -0.05) is 6.92 Å². The van der Waals surface area contributed by atoms with E-state index in [1.807, 2.05) is 0 Å². The lowest BCUT2D eigenvalue weighted by Gasteiger charge is -2.15. The lowest BCUT2D eigenvalue weighted by Crippen LogP contribution is -2.31. The Hall–Kier alpha value is -0.0900. The lowest BCUT2D eigenvalue weighted by molar-refractivity contribution is 0.450. The van der Waals surface area contributed by atoms with Crippen LogP contribution in [0.2, 0.25) is 0 Å². The Morgan fingerprint density at radius 2 is 2.07 bits per heavy atom. The molecule has 0 heterocycles. The zero-order valence-corrected chi connectivity index (χ0v) is 9.94. The van der Waals surface area contributed by atoms with Gasteiger partial charge in [-0.3, -0.25) is 0 Å². The van der Waals surface area contributed by atoms with E-state index in [9.17, 15) is 8.42 Å². The first-order valence-corrected chi connectivity index (χ1v) is 7.50. The molecular weight excluding hydrogens is 198 g/mol. The Balaban J connectivity index is 2.07. The van der Waals surface area contributed by atoms with E-state index in [-0.39, 0.29) is 0 Å². The van der Waals surface area contributed by atoms with Gasteiger partial charge in [0.2, 0.25) is 0 Å². The molecule has 0 saturated heterocycles. The van der Waals surface area contributed by atoms with Gasteiger partial charge in [-0.15, -0.1) is 0 Å². The third-order valence-electron chi connectivity index (χ3n) is 2.73. The summed E-state index contributed by atoms with van der Waals surface area (Å²) in [6.45, 7) is 3.02. The zero-order valence-electron chi connectivity index (χ0n) is 9.12. The third-order valence-corrected chi connectivity index (χ3v) is 3.76. The molecule has 3 nitrogen and oxygen atoms in total. The van der Waals surface area contributed by atoms with Gasteiger partial charge >= 0.3 is 0 Å². The second-order valence-corrected chi connectivity index (χ2v) is 6.55. The lowest BCUT2D eigenvalue weighted by atomic mass is 10.1. The van der Waals surface area contributed by atoms with Gasteiger partial charge in [0.05, 0.1) is 5.75 Å². The van der Waals surface area contributed by atoms with Crippen molar-refractivity contribution in [2.75, 3.05) is 18.6 Å². The summed E-state index contributed by atoms with van der Waals surface area (Å²) < 4.78 is 21.7. The van der Waals surface area contributed by atoms with Gasteiger partial charge in [-0.25, -0.2) is 8.42 Å². The number of sulfone groups is 1. The summed E-state index contributed by atoms with van der Waals surface area (Å²) in [5.41, 5.74) is 0. The topological polar surface area (TPSA) is 46.2 Å². The summed E-state index contributed by atoms with van der Waals surface area (Å²) in [5.74, 6) is 1.17. The second-order valence-electron chi connectivity index (χ2n) is 4.29. The Labute approximate surface area is 87.2 Å². The predicted molar refractivity (Wildman–Crippen MR) is 59.1 cm³/mol. The van der Waals surface area contributed by atoms with Gasteiger partial charge in [0, 0.05) is 12.3 Å². The van der Waals surface area contributed by atoms with Crippen LogP contribution in [-0.2, 0) is 9.84 Å². The van der Waals surface area contributed by atoms with Crippen molar-refractivity contribution in [2.45, 2.75) is 38.6 Å². The van der Waals surface area contributed by atoms with Crippen LogP contribution in [0.3, 0.4) is 0 Å². The molecule has 1 fully saturated rings. The van der Waals surface area contributed by atoms with Crippen molar-refractivity contribution in [2.24, 2.45) is 5.92 Å². The molecule has 0 aromatic heterocycles. The Kier molecular flexibility index (Phi) is 4.38. The smallest absolute Gasteiger partial charge is 0.147 e. The maximum Gasteiger partial charge on any atom is 0.147 e. The first-order valence-electron chi connectivity index (χ1n) is 5.44.